The van der Waals surface area contributed by atoms with Crippen LogP contribution in [0.2, 0.25) is 0 Å². The average Bonchev–Trinajstić information content (AvgIpc) is 3.74. The van der Waals surface area contributed by atoms with E-state index in [1.807, 2.05) is 42.6 Å². The van der Waals surface area contributed by atoms with Crippen molar-refractivity contribution < 1.29 is 8.83 Å². The molecule has 0 aliphatic heterocycles. The molecule has 41 heavy (non-hydrogen) atoms. The van der Waals surface area contributed by atoms with Gasteiger partial charge < -0.3 is 13.2 Å². The maximum atomic E-state index is 6.33. The monoisotopic (exact) mass is 526 g/mol. The highest BCUT2D eigenvalue weighted by atomic mass is 16.4. The Kier molecular flexibility index (Phi) is 4.58. The van der Waals surface area contributed by atoms with Crippen molar-refractivity contribution in [3.05, 3.63) is 134 Å². The van der Waals surface area contributed by atoms with Crippen LogP contribution in [0, 0.1) is 0 Å². The minimum atomic E-state index is 0.798. The van der Waals surface area contributed by atoms with Crippen molar-refractivity contribution in [1.82, 2.24) is 9.38 Å². The lowest BCUT2D eigenvalue weighted by molar-refractivity contribution is 0.633. The van der Waals surface area contributed by atoms with Gasteiger partial charge in [0.15, 0.2) is 11.2 Å². The van der Waals surface area contributed by atoms with Gasteiger partial charge in [0.25, 0.3) is 0 Å². The number of imidazole rings is 1. The zero-order valence-corrected chi connectivity index (χ0v) is 21.9. The van der Waals surface area contributed by atoms with E-state index in [1.54, 1.807) is 0 Å². The molecule has 0 saturated heterocycles. The molecule has 0 fully saturated rings. The summed E-state index contributed by atoms with van der Waals surface area (Å²) in [7, 11) is 0. The highest BCUT2D eigenvalue weighted by Gasteiger charge is 2.16. The van der Waals surface area contributed by atoms with Gasteiger partial charge in [-0.1, -0.05) is 72.8 Å². The minimum absolute atomic E-state index is 0.798. The summed E-state index contributed by atoms with van der Waals surface area (Å²) in [5.74, 6) is 0. The van der Waals surface area contributed by atoms with Crippen molar-refractivity contribution in [2.75, 3.05) is 0 Å². The molecule has 192 valence electrons. The van der Waals surface area contributed by atoms with E-state index in [0.29, 0.717) is 0 Å². The molecule has 0 unspecified atom stereocenters. The van der Waals surface area contributed by atoms with Crippen LogP contribution in [-0.2, 0) is 0 Å². The van der Waals surface area contributed by atoms with Gasteiger partial charge in [0, 0.05) is 39.5 Å². The van der Waals surface area contributed by atoms with Crippen LogP contribution in [0.5, 0.6) is 0 Å². The molecule has 4 heteroatoms. The number of furan rings is 2. The van der Waals surface area contributed by atoms with Gasteiger partial charge in [0.1, 0.15) is 16.8 Å². The molecule has 0 saturated carbocycles. The molecule has 0 aliphatic carbocycles. The van der Waals surface area contributed by atoms with Crippen LogP contribution in [0.25, 0.3) is 83.0 Å². The van der Waals surface area contributed by atoms with Crippen molar-refractivity contribution in [3.8, 4) is 33.5 Å². The number of nitrogens with zero attached hydrogens (tertiary/aromatic N) is 2. The molecule has 0 N–H and O–H groups in total. The third-order valence-corrected chi connectivity index (χ3v) is 8.06. The predicted molar refractivity (Wildman–Crippen MR) is 166 cm³/mol. The Balaban J connectivity index is 1.08. The summed E-state index contributed by atoms with van der Waals surface area (Å²) < 4.78 is 14.6. The van der Waals surface area contributed by atoms with Gasteiger partial charge in [0.05, 0.1) is 5.69 Å². The molecule has 0 spiro atoms. The predicted octanol–water partition coefficient (Wildman–Crippen LogP) is 10.1. The quantitative estimate of drug-likeness (QED) is 0.230. The normalized spacial score (nSPS) is 11.9. The second-order valence-corrected chi connectivity index (χ2v) is 10.5. The van der Waals surface area contributed by atoms with Crippen LogP contribution in [0.15, 0.2) is 143 Å². The molecule has 4 aromatic heterocycles. The summed E-state index contributed by atoms with van der Waals surface area (Å²) in [6.45, 7) is 0. The van der Waals surface area contributed by atoms with E-state index in [0.717, 1.165) is 77.5 Å². The number of hydrogen-bond acceptors (Lipinski definition) is 3. The van der Waals surface area contributed by atoms with Crippen molar-refractivity contribution in [3.63, 3.8) is 0 Å². The number of hydrogen-bond donors (Lipinski definition) is 0. The van der Waals surface area contributed by atoms with Gasteiger partial charge in [0.2, 0.25) is 0 Å². The number of aromatic nitrogens is 2. The smallest absolute Gasteiger partial charge is 0.178 e. The Morgan fingerprint density at radius 2 is 1.12 bits per heavy atom. The first-order valence-electron chi connectivity index (χ1n) is 13.7. The molecule has 0 radical (unpaired) electrons. The summed E-state index contributed by atoms with van der Waals surface area (Å²) in [4.78, 5) is 4.79. The largest absolute Gasteiger partial charge is 0.452 e. The number of fused-ring (bicyclic) bond motifs is 8. The van der Waals surface area contributed by atoms with Crippen molar-refractivity contribution in [2.24, 2.45) is 0 Å². The number of benzene rings is 5. The highest BCUT2D eigenvalue weighted by molar-refractivity contribution is 6.19. The van der Waals surface area contributed by atoms with Gasteiger partial charge in [-0.3, -0.25) is 0 Å². The fourth-order valence-electron chi connectivity index (χ4n) is 5.98. The summed E-state index contributed by atoms with van der Waals surface area (Å²) in [5, 5.41) is 4.33. The number of pyridine rings is 1. The van der Waals surface area contributed by atoms with Crippen LogP contribution in [0.3, 0.4) is 0 Å². The van der Waals surface area contributed by atoms with E-state index in [9.17, 15) is 0 Å². The minimum Gasteiger partial charge on any atom is -0.452 e. The van der Waals surface area contributed by atoms with Crippen LogP contribution < -0.4 is 0 Å². The summed E-state index contributed by atoms with van der Waals surface area (Å²) in [5.41, 5.74) is 11.0. The molecular formula is C37H22N2O2. The van der Waals surface area contributed by atoms with E-state index >= 15 is 0 Å². The zero-order chi connectivity index (χ0) is 26.9. The lowest BCUT2D eigenvalue weighted by atomic mass is 9.98. The van der Waals surface area contributed by atoms with Crippen LogP contribution in [0.1, 0.15) is 0 Å². The molecule has 9 rings (SSSR count). The molecule has 4 nitrogen and oxygen atoms in total. The Morgan fingerprint density at radius 3 is 1.93 bits per heavy atom. The fourth-order valence-corrected chi connectivity index (χ4v) is 5.98. The first kappa shape index (κ1) is 22.2. The summed E-state index contributed by atoms with van der Waals surface area (Å²) in [6, 6.07) is 42.2. The summed E-state index contributed by atoms with van der Waals surface area (Å²) >= 11 is 0. The van der Waals surface area contributed by atoms with Crippen LogP contribution in [-0.4, -0.2) is 9.38 Å². The SMILES string of the molecule is c1cc(-c2ccc(-c3ccc4oc5c(ccc6c7ccccc7oc65)c4c3)cc2)cc(-c2cn3ccccc3n2)c1. The molecule has 4 heterocycles. The topological polar surface area (TPSA) is 43.6 Å². The third kappa shape index (κ3) is 3.44. The number of rotatable bonds is 3. The van der Waals surface area contributed by atoms with Crippen molar-refractivity contribution >= 4 is 49.5 Å². The maximum absolute atomic E-state index is 6.33. The van der Waals surface area contributed by atoms with E-state index in [4.69, 9.17) is 13.8 Å². The fraction of sp³-hybridized carbons (Fsp3) is 0. The molecule has 0 aliphatic rings. The van der Waals surface area contributed by atoms with Gasteiger partial charge in [-0.15, -0.1) is 0 Å². The first-order valence-corrected chi connectivity index (χ1v) is 13.7. The Bertz CT molecular complexity index is 2390. The molecular weight excluding hydrogens is 504 g/mol. The average molecular weight is 527 g/mol. The van der Waals surface area contributed by atoms with E-state index in [1.165, 1.54) is 5.56 Å². The molecule has 5 aromatic carbocycles. The standard InChI is InChI=1S/C37H22N2O2/c1-2-9-33-28(8-1)29-16-17-30-31-21-26(15-18-34(31)41-37(30)36(29)40-33)24-13-11-23(12-14-24)25-6-5-7-27(20-25)32-22-39-19-4-3-10-35(39)38-32/h1-22H. The third-order valence-electron chi connectivity index (χ3n) is 8.06. The highest BCUT2D eigenvalue weighted by Crippen LogP contribution is 2.39. The van der Waals surface area contributed by atoms with Crippen LogP contribution in [0.4, 0.5) is 0 Å². The van der Waals surface area contributed by atoms with Gasteiger partial charge in [-0.25, -0.2) is 4.98 Å². The van der Waals surface area contributed by atoms with Gasteiger partial charge in [-0.05, 0) is 70.8 Å². The Morgan fingerprint density at radius 1 is 0.463 bits per heavy atom. The molecule has 9 aromatic rings. The van der Waals surface area contributed by atoms with Crippen molar-refractivity contribution in [1.29, 1.82) is 0 Å². The number of para-hydroxylation sites is 1. The van der Waals surface area contributed by atoms with E-state index < -0.39 is 0 Å². The molecule has 0 atom stereocenters. The summed E-state index contributed by atoms with van der Waals surface area (Å²) in [6.07, 6.45) is 4.10. The Hall–Kier alpha value is -5.61. The van der Waals surface area contributed by atoms with Gasteiger partial charge >= 0.3 is 0 Å². The van der Waals surface area contributed by atoms with Gasteiger partial charge in [-0.2, -0.15) is 0 Å². The zero-order valence-electron chi connectivity index (χ0n) is 21.9. The second kappa shape index (κ2) is 8.44. The van der Waals surface area contributed by atoms with E-state index in [2.05, 4.69) is 95.5 Å². The lowest BCUT2D eigenvalue weighted by Gasteiger charge is -2.07. The molecule has 0 bridgehead atoms. The van der Waals surface area contributed by atoms with Crippen molar-refractivity contribution in [2.45, 2.75) is 0 Å². The lowest BCUT2D eigenvalue weighted by Crippen LogP contribution is -1.83. The Labute approximate surface area is 234 Å². The molecule has 0 amide bonds. The second-order valence-electron chi connectivity index (χ2n) is 10.5. The maximum Gasteiger partial charge on any atom is 0.178 e. The van der Waals surface area contributed by atoms with Crippen LogP contribution >= 0.6 is 0 Å². The van der Waals surface area contributed by atoms with E-state index in [-0.39, 0.29) is 0 Å². The first-order chi connectivity index (χ1) is 20.3.